The first-order valence-electron chi connectivity index (χ1n) is 8.29. The summed E-state index contributed by atoms with van der Waals surface area (Å²) in [4.78, 5) is 7.22. The topological polar surface area (TPSA) is 28.2 Å². The lowest BCUT2D eigenvalue weighted by Gasteiger charge is -2.36. The fraction of sp³-hybridized carbons (Fsp3) is 0.706. The molecule has 1 N–H and O–H groups in total. The monoisotopic (exact) mass is 275 g/mol. The molecule has 0 bridgehead atoms. The second-order valence-corrected chi connectivity index (χ2v) is 5.80. The minimum absolute atomic E-state index is 0.586. The van der Waals surface area contributed by atoms with Crippen LogP contribution in [0.5, 0.6) is 0 Å². The van der Waals surface area contributed by atoms with Crippen LogP contribution in [0.2, 0.25) is 0 Å². The lowest BCUT2D eigenvalue weighted by Crippen LogP contribution is -2.34. The zero-order valence-electron chi connectivity index (χ0n) is 13.1. The van der Waals surface area contributed by atoms with Crippen LogP contribution < -0.4 is 5.32 Å². The molecule has 3 nitrogen and oxygen atoms in total. The number of nitrogens with zero attached hydrogens (tertiary/aromatic N) is 2. The van der Waals surface area contributed by atoms with Crippen LogP contribution in [0.15, 0.2) is 18.3 Å². The summed E-state index contributed by atoms with van der Waals surface area (Å²) in [5.74, 6) is 1.01. The van der Waals surface area contributed by atoms with Crippen molar-refractivity contribution in [2.75, 3.05) is 25.0 Å². The highest BCUT2D eigenvalue weighted by Gasteiger charge is 2.23. The minimum Gasteiger partial charge on any atom is -0.370 e. The van der Waals surface area contributed by atoms with Gasteiger partial charge in [0.2, 0.25) is 0 Å². The van der Waals surface area contributed by atoms with Gasteiger partial charge in [0.15, 0.2) is 0 Å². The number of piperidine rings is 1. The Labute approximate surface area is 123 Å². The number of anilines is 1. The standard InChI is InChI=1S/C17H29N3/c1-3-5-12-20-13-7-6-8-16(20)15-9-10-17(19-14-15)18-11-4-2/h9-10,14,16H,3-8,11-13H2,1-2H3,(H,18,19)/t16-/m1/s1. The fourth-order valence-corrected chi connectivity index (χ4v) is 2.96. The number of hydrogen-bond acceptors (Lipinski definition) is 3. The van der Waals surface area contributed by atoms with Crippen LogP contribution in [-0.2, 0) is 0 Å². The van der Waals surface area contributed by atoms with E-state index in [4.69, 9.17) is 0 Å². The predicted molar refractivity (Wildman–Crippen MR) is 86.1 cm³/mol. The molecule has 0 saturated carbocycles. The Kier molecular flexibility index (Phi) is 6.31. The van der Waals surface area contributed by atoms with Gasteiger partial charge < -0.3 is 5.32 Å². The van der Waals surface area contributed by atoms with Gasteiger partial charge in [-0.25, -0.2) is 4.98 Å². The molecule has 0 aromatic carbocycles. The van der Waals surface area contributed by atoms with Crippen molar-refractivity contribution in [1.29, 1.82) is 0 Å². The highest BCUT2D eigenvalue weighted by atomic mass is 15.2. The highest BCUT2D eigenvalue weighted by Crippen LogP contribution is 2.31. The summed E-state index contributed by atoms with van der Waals surface area (Å²) < 4.78 is 0. The second-order valence-electron chi connectivity index (χ2n) is 5.80. The van der Waals surface area contributed by atoms with Gasteiger partial charge in [-0.1, -0.05) is 32.8 Å². The first-order valence-corrected chi connectivity index (χ1v) is 8.29. The highest BCUT2D eigenvalue weighted by molar-refractivity contribution is 5.36. The molecule has 112 valence electrons. The first kappa shape index (κ1) is 15.3. The van der Waals surface area contributed by atoms with E-state index >= 15 is 0 Å². The zero-order chi connectivity index (χ0) is 14.2. The molecule has 1 aromatic heterocycles. The van der Waals surface area contributed by atoms with E-state index in [1.165, 1.54) is 50.8 Å². The van der Waals surface area contributed by atoms with Crippen molar-refractivity contribution in [1.82, 2.24) is 9.88 Å². The molecule has 2 heterocycles. The van der Waals surface area contributed by atoms with E-state index in [1.54, 1.807) is 0 Å². The molecule has 3 heteroatoms. The van der Waals surface area contributed by atoms with Crippen LogP contribution in [0.1, 0.15) is 64.0 Å². The predicted octanol–water partition coefficient (Wildman–Crippen LogP) is 4.23. The number of hydrogen-bond donors (Lipinski definition) is 1. The molecule has 0 aliphatic carbocycles. The van der Waals surface area contributed by atoms with Crippen LogP contribution in [0.3, 0.4) is 0 Å². The molecule has 1 saturated heterocycles. The van der Waals surface area contributed by atoms with Gasteiger partial charge in [-0.3, -0.25) is 4.90 Å². The Morgan fingerprint density at radius 3 is 2.85 bits per heavy atom. The third-order valence-corrected chi connectivity index (χ3v) is 4.14. The van der Waals surface area contributed by atoms with Gasteiger partial charge in [0.25, 0.3) is 0 Å². The Hall–Kier alpha value is -1.09. The van der Waals surface area contributed by atoms with Crippen molar-refractivity contribution in [2.24, 2.45) is 0 Å². The lowest BCUT2D eigenvalue weighted by molar-refractivity contribution is 0.146. The van der Waals surface area contributed by atoms with Gasteiger partial charge in [-0.2, -0.15) is 0 Å². The van der Waals surface area contributed by atoms with Gasteiger partial charge in [0.05, 0.1) is 0 Å². The summed E-state index contributed by atoms with van der Waals surface area (Å²) >= 11 is 0. The van der Waals surface area contributed by atoms with Gasteiger partial charge in [0.1, 0.15) is 5.82 Å². The van der Waals surface area contributed by atoms with Crippen molar-refractivity contribution in [3.8, 4) is 0 Å². The maximum absolute atomic E-state index is 4.57. The van der Waals surface area contributed by atoms with Crippen molar-refractivity contribution in [3.05, 3.63) is 23.9 Å². The average molecular weight is 275 g/mol. The molecule has 1 aromatic rings. The summed E-state index contributed by atoms with van der Waals surface area (Å²) in [6.45, 7) is 7.93. The third kappa shape index (κ3) is 4.20. The molecule has 2 rings (SSSR count). The van der Waals surface area contributed by atoms with Crippen LogP contribution >= 0.6 is 0 Å². The molecular weight excluding hydrogens is 246 g/mol. The van der Waals surface area contributed by atoms with E-state index in [-0.39, 0.29) is 0 Å². The molecule has 0 unspecified atom stereocenters. The van der Waals surface area contributed by atoms with Crippen molar-refractivity contribution in [2.45, 2.75) is 58.4 Å². The van der Waals surface area contributed by atoms with Crippen LogP contribution in [0.25, 0.3) is 0 Å². The van der Waals surface area contributed by atoms with E-state index in [1.807, 2.05) is 0 Å². The number of rotatable bonds is 7. The SMILES string of the molecule is CCCCN1CCCC[C@@H]1c1ccc(NCCC)nc1. The van der Waals surface area contributed by atoms with E-state index in [9.17, 15) is 0 Å². The van der Waals surface area contributed by atoms with Crippen molar-refractivity contribution < 1.29 is 0 Å². The van der Waals surface area contributed by atoms with Crippen molar-refractivity contribution in [3.63, 3.8) is 0 Å². The van der Waals surface area contributed by atoms with Gasteiger partial charge in [-0.05, 0) is 50.4 Å². The molecule has 0 spiro atoms. The number of aromatic nitrogens is 1. The second kappa shape index (κ2) is 8.25. The van der Waals surface area contributed by atoms with E-state index in [0.717, 1.165) is 18.8 Å². The molecule has 1 aliphatic heterocycles. The van der Waals surface area contributed by atoms with Gasteiger partial charge in [0, 0.05) is 18.8 Å². The third-order valence-electron chi connectivity index (χ3n) is 4.14. The number of nitrogens with one attached hydrogen (secondary N) is 1. The number of unbranched alkanes of at least 4 members (excludes halogenated alkanes) is 1. The number of pyridine rings is 1. The summed E-state index contributed by atoms with van der Waals surface area (Å²) in [6, 6.07) is 4.99. The normalized spacial score (nSPS) is 20.0. The molecule has 20 heavy (non-hydrogen) atoms. The first-order chi connectivity index (χ1) is 9.85. The van der Waals surface area contributed by atoms with Crippen molar-refractivity contribution >= 4 is 5.82 Å². The van der Waals surface area contributed by atoms with Gasteiger partial charge >= 0.3 is 0 Å². The smallest absolute Gasteiger partial charge is 0.125 e. The minimum atomic E-state index is 0.586. The summed E-state index contributed by atoms with van der Waals surface area (Å²) in [7, 11) is 0. The van der Waals surface area contributed by atoms with E-state index < -0.39 is 0 Å². The molecule has 1 aliphatic rings. The van der Waals surface area contributed by atoms with E-state index in [2.05, 4.69) is 47.4 Å². The van der Waals surface area contributed by atoms with E-state index in [0.29, 0.717) is 6.04 Å². The molecule has 1 atom stereocenters. The molecule has 1 fully saturated rings. The maximum atomic E-state index is 4.57. The molecule has 0 amide bonds. The molecular formula is C17H29N3. The number of likely N-dealkylation sites (tertiary alicyclic amines) is 1. The summed E-state index contributed by atoms with van der Waals surface area (Å²) in [6.07, 6.45) is 9.78. The Balaban J connectivity index is 1.99. The Bertz CT molecular complexity index is 374. The van der Waals surface area contributed by atoms with Crippen LogP contribution in [0.4, 0.5) is 5.82 Å². The van der Waals surface area contributed by atoms with Crippen LogP contribution in [-0.4, -0.2) is 29.5 Å². The van der Waals surface area contributed by atoms with Crippen LogP contribution in [0, 0.1) is 0 Å². The Morgan fingerprint density at radius 1 is 1.25 bits per heavy atom. The fourth-order valence-electron chi connectivity index (χ4n) is 2.96. The maximum Gasteiger partial charge on any atom is 0.125 e. The average Bonchev–Trinajstić information content (AvgIpc) is 2.52. The largest absolute Gasteiger partial charge is 0.370 e. The quantitative estimate of drug-likeness (QED) is 0.807. The summed E-state index contributed by atoms with van der Waals surface area (Å²) in [5.41, 5.74) is 1.39. The lowest BCUT2D eigenvalue weighted by atomic mass is 9.96. The Morgan fingerprint density at radius 2 is 2.15 bits per heavy atom. The zero-order valence-corrected chi connectivity index (χ0v) is 13.1. The van der Waals surface area contributed by atoms with Gasteiger partial charge in [-0.15, -0.1) is 0 Å². The molecule has 0 radical (unpaired) electrons. The summed E-state index contributed by atoms with van der Waals surface area (Å²) in [5, 5.41) is 3.35.